The Hall–Kier alpha value is -3.98. The standard InChI is InChI=1S/C24H21N3O5S/c1-33(31,32)19-10-7-17(8-11-19)24(30)26-18-9-12-21-20(13-18)25-15-27(21)22(14-23(28)29)16-5-3-2-4-6-16/h2-13,15,22H,14H2,1H3,(H,26,30)(H,28,29). The third-order valence-electron chi connectivity index (χ3n) is 5.27. The molecule has 8 nitrogen and oxygen atoms in total. The molecule has 1 unspecified atom stereocenters. The summed E-state index contributed by atoms with van der Waals surface area (Å²) in [7, 11) is -3.34. The van der Waals surface area contributed by atoms with Gasteiger partial charge in [0.1, 0.15) is 0 Å². The number of aliphatic carboxylic acids is 1. The van der Waals surface area contributed by atoms with Crippen LogP contribution in [0.3, 0.4) is 0 Å². The maximum absolute atomic E-state index is 12.6. The normalized spacial score (nSPS) is 12.4. The van der Waals surface area contributed by atoms with E-state index in [4.69, 9.17) is 0 Å². The number of hydrogen-bond acceptors (Lipinski definition) is 5. The predicted molar refractivity (Wildman–Crippen MR) is 124 cm³/mol. The van der Waals surface area contributed by atoms with Gasteiger partial charge >= 0.3 is 5.97 Å². The molecule has 0 aliphatic carbocycles. The Bertz CT molecular complexity index is 1430. The van der Waals surface area contributed by atoms with Crippen LogP contribution >= 0.6 is 0 Å². The summed E-state index contributed by atoms with van der Waals surface area (Å²) < 4.78 is 25.0. The molecule has 9 heteroatoms. The van der Waals surface area contributed by atoms with Crippen LogP contribution in [0.2, 0.25) is 0 Å². The van der Waals surface area contributed by atoms with E-state index in [1.807, 2.05) is 34.9 Å². The second-order valence-electron chi connectivity index (χ2n) is 7.63. The first-order valence-corrected chi connectivity index (χ1v) is 12.0. The highest BCUT2D eigenvalue weighted by molar-refractivity contribution is 7.90. The third-order valence-corrected chi connectivity index (χ3v) is 6.39. The highest BCUT2D eigenvalue weighted by atomic mass is 32.2. The number of nitrogens with zero attached hydrogens (tertiary/aromatic N) is 2. The lowest BCUT2D eigenvalue weighted by Gasteiger charge is -2.18. The number of rotatable bonds is 7. The van der Waals surface area contributed by atoms with Gasteiger partial charge in [0.2, 0.25) is 0 Å². The van der Waals surface area contributed by atoms with Gasteiger partial charge in [-0.2, -0.15) is 0 Å². The number of nitrogens with one attached hydrogen (secondary N) is 1. The number of anilines is 1. The van der Waals surface area contributed by atoms with Gasteiger partial charge in [-0.15, -0.1) is 0 Å². The van der Waals surface area contributed by atoms with E-state index in [2.05, 4.69) is 10.3 Å². The molecule has 33 heavy (non-hydrogen) atoms. The molecule has 3 aromatic carbocycles. The highest BCUT2D eigenvalue weighted by Crippen LogP contribution is 2.28. The Balaban J connectivity index is 1.59. The molecule has 0 saturated heterocycles. The molecule has 0 aliphatic rings. The van der Waals surface area contributed by atoms with Crippen LogP contribution in [-0.2, 0) is 14.6 Å². The number of aromatic nitrogens is 2. The number of carbonyl (C=O) groups excluding carboxylic acids is 1. The number of fused-ring (bicyclic) bond motifs is 1. The summed E-state index contributed by atoms with van der Waals surface area (Å²) >= 11 is 0. The smallest absolute Gasteiger partial charge is 0.305 e. The minimum atomic E-state index is -3.34. The average Bonchev–Trinajstić information content (AvgIpc) is 3.20. The number of carboxylic acids is 1. The van der Waals surface area contributed by atoms with Gasteiger partial charge in [-0.1, -0.05) is 30.3 Å². The Morgan fingerprint density at radius 2 is 1.73 bits per heavy atom. The van der Waals surface area contributed by atoms with Crippen molar-refractivity contribution in [1.82, 2.24) is 9.55 Å². The number of imidazole rings is 1. The summed E-state index contributed by atoms with van der Waals surface area (Å²) in [6.07, 6.45) is 2.60. The minimum absolute atomic E-state index is 0.0998. The Kier molecular flexibility index (Phi) is 5.97. The van der Waals surface area contributed by atoms with Crippen molar-refractivity contribution in [2.24, 2.45) is 0 Å². The average molecular weight is 464 g/mol. The monoisotopic (exact) mass is 463 g/mol. The van der Waals surface area contributed by atoms with Crippen LogP contribution < -0.4 is 5.32 Å². The topological polar surface area (TPSA) is 118 Å². The number of sulfone groups is 1. The van der Waals surface area contributed by atoms with E-state index >= 15 is 0 Å². The van der Waals surface area contributed by atoms with Gasteiger partial charge in [-0.25, -0.2) is 13.4 Å². The van der Waals surface area contributed by atoms with E-state index in [1.54, 1.807) is 24.5 Å². The molecule has 1 aromatic heterocycles. The van der Waals surface area contributed by atoms with Gasteiger partial charge < -0.3 is 15.0 Å². The lowest BCUT2D eigenvalue weighted by atomic mass is 10.0. The molecule has 1 atom stereocenters. The molecule has 0 saturated carbocycles. The molecule has 0 aliphatic heterocycles. The molecular weight excluding hydrogens is 442 g/mol. The zero-order valence-electron chi connectivity index (χ0n) is 17.7. The van der Waals surface area contributed by atoms with Gasteiger partial charge in [0.15, 0.2) is 9.84 Å². The lowest BCUT2D eigenvalue weighted by molar-refractivity contribution is -0.137. The zero-order valence-corrected chi connectivity index (χ0v) is 18.5. The summed E-state index contributed by atoms with van der Waals surface area (Å²) in [4.78, 5) is 28.6. The Morgan fingerprint density at radius 3 is 2.36 bits per heavy atom. The number of hydrogen-bond donors (Lipinski definition) is 2. The van der Waals surface area contributed by atoms with Crippen molar-refractivity contribution in [1.29, 1.82) is 0 Å². The molecule has 1 heterocycles. The quantitative estimate of drug-likeness (QED) is 0.431. The Morgan fingerprint density at radius 1 is 1.03 bits per heavy atom. The van der Waals surface area contributed by atoms with Crippen molar-refractivity contribution in [3.63, 3.8) is 0 Å². The summed E-state index contributed by atoms with van der Waals surface area (Å²) in [6, 6.07) is 19.8. The van der Waals surface area contributed by atoms with Crippen molar-refractivity contribution in [3.8, 4) is 0 Å². The van der Waals surface area contributed by atoms with E-state index in [0.29, 0.717) is 16.8 Å². The predicted octanol–water partition coefficient (Wildman–Crippen LogP) is 3.76. The molecule has 1 amide bonds. The van der Waals surface area contributed by atoms with Crippen LogP contribution in [0, 0.1) is 0 Å². The molecule has 0 fully saturated rings. The summed E-state index contributed by atoms with van der Waals surface area (Å²) in [5, 5.41) is 12.2. The number of benzene rings is 3. The molecule has 0 spiro atoms. The van der Waals surface area contributed by atoms with Gasteiger partial charge in [0, 0.05) is 17.5 Å². The van der Waals surface area contributed by atoms with Crippen LogP contribution in [0.15, 0.2) is 84.0 Å². The van der Waals surface area contributed by atoms with Crippen molar-refractivity contribution < 1.29 is 23.1 Å². The fraction of sp³-hybridized carbons (Fsp3) is 0.125. The van der Waals surface area contributed by atoms with Crippen LogP contribution in [-0.4, -0.2) is 41.2 Å². The second-order valence-corrected chi connectivity index (χ2v) is 9.65. The molecule has 0 bridgehead atoms. The molecule has 2 N–H and O–H groups in total. The fourth-order valence-electron chi connectivity index (χ4n) is 3.63. The van der Waals surface area contributed by atoms with Crippen LogP contribution in [0.1, 0.15) is 28.4 Å². The first kappa shape index (κ1) is 22.2. The van der Waals surface area contributed by atoms with E-state index in [-0.39, 0.29) is 17.2 Å². The van der Waals surface area contributed by atoms with Crippen molar-refractivity contribution >= 4 is 38.4 Å². The van der Waals surface area contributed by atoms with Gasteiger partial charge in [0.05, 0.1) is 34.7 Å². The SMILES string of the molecule is CS(=O)(=O)c1ccc(C(=O)Nc2ccc3c(c2)ncn3C(CC(=O)O)c2ccccc2)cc1. The molecule has 168 valence electrons. The van der Waals surface area contributed by atoms with E-state index < -0.39 is 21.8 Å². The number of carbonyl (C=O) groups is 2. The summed E-state index contributed by atoms with van der Waals surface area (Å²) in [5.74, 6) is -1.31. The lowest BCUT2D eigenvalue weighted by Crippen LogP contribution is -2.14. The van der Waals surface area contributed by atoms with E-state index in [9.17, 15) is 23.1 Å². The second kappa shape index (κ2) is 8.87. The zero-order chi connectivity index (χ0) is 23.6. The highest BCUT2D eigenvalue weighted by Gasteiger charge is 2.20. The summed E-state index contributed by atoms with van der Waals surface area (Å²) in [5.41, 5.74) is 3.03. The van der Waals surface area contributed by atoms with Crippen molar-refractivity contribution in [2.75, 3.05) is 11.6 Å². The van der Waals surface area contributed by atoms with Gasteiger partial charge in [-0.05, 0) is 48.0 Å². The van der Waals surface area contributed by atoms with Crippen LogP contribution in [0.4, 0.5) is 5.69 Å². The molecule has 4 aromatic rings. The largest absolute Gasteiger partial charge is 0.481 e. The van der Waals surface area contributed by atoms with Crippen LogP contribution in [0.5, 0.6) is 0 Å². The van der Waals surface area contributed by atoms with E-state index in [0.717, 1.165) is 17.3 Å². The maximum Gasteiger partial charge on any atom is 0.305 e. The first-order valence-electron chi connectivity index (χ1n) is 10.1. The molecular formula is C24H21N3O5S. The molecule has 0 radical (unpaired) electrons. The fourth-order valence-corrected chi connectivity index (χ4v) is 4.26. The van der Waals surface area contributed by atoms with E-state index in [1.165, 1.54) is 24.3 Å². The number of amides is 1. The maximum atomic E-state index is 12.6. The number of carboxylic acid groups (broad SMARTS) is 1. The molecule has 4 rings (SSSR count). The first-order chi connectivity index (χ1) is 15.7. The van der Waals surface area contributed by atoms with Crippen molar-refractivity contribution in [3.05, 3.63) is 90.3 Å². The van der Waals surface area contributed by atoms with Crippen molar-refractivity contribution in [2.45, 2.75) is 17.4 Å². The van der Waals surface area contributed by atoms with Gasteiger partial charge in [-0.3, -0.25) is 9.59 Å². The Labute approximate surface area is 190 Å². The van der Waals surface area contributed by atoms with Crippen LogP contribution in [0.25, 0.3) is 11.0 Å². The van der Waals surface area contributed by atoms with Gasteiger partial charge in [0.25, 0.3) is 5.91 Å². The third kappa shape index (κ3) is 4.93. The summed E-state index contributed by atoms with van der Waals surface area (Å²) in [6.45, 7) is 0. The minimum Gasteiger partial charge on any atom is -0.481 e.